The lowest BCUT2D eigenvalue weighted by atomic mass is 10.1. The summed E-state index contributed by atoms with van der Waals surface area (Å²) in [4.78, 5) is 0. The van der Waals surface area contributed by atoms with Gasteiger partial charge in [-0.05, 0) is 23.8 Å². The van der Waals surface area contributed by atoms with E-state index >= 15 is 0 Å². The van der Waals surface area contributed by atoms with E-state index in [1.54, 1.807) is 0 Å². The number of alkyl halides is 3. The number of halogens is 3. The van der Waals surface area contributed by atoms with E-state index in [0.29, 0.717) is 5.56 Å². The third kappa shape index (κ3) is 5.08. The van der Waals surface area contributed by atoms with Gasteiger partial charge in [-0.3, -0.25) is 0 Å². The first-order valence-electron chi connectivity index (χ1n) is 6.51. The number of hydrogen-bond donors (Lipinski definition) is 2. The van der Waals surface area contributed by atoms with Crippen molar-refractivity contribution in [3.05, 3.63) is 59.5 Å². The summed E-state index contributed by atoms with van der Waals surface area (Å²) in [6, 6.07) is 5.36. The average Bonchev–Trinajstić information content (AvgIpc) is 2.98. The van der Waals surface area contributed by atoms with E-state index in [2.05, 4.69) is 4.72 Å². The summed E-state index contributed by atoms with van der Waals surface area (Å²) in [5.41, 5.74) is -0.215. The topological polar surface area (TPSA) is 79.5 Å². The molecular weight excluding hydrogens is 335 g/mol. The molecule has 1 aromatic heterocycles. The van der Waals surface area contributed by atoms with Gasteiger partial charge in [0.1, 0.15) is 0 Å². The van der Waals surface area contributed by atoms with E-state index in [9.17, 15) is 26.7 Å². The normalized spacial score (nSPS) is 13.9. The highest BCUT2D eigenvalue weighted by Crippen LogP contribution is 2.29. The molecule has 5 nitrogen and oxygen atoms in total. The molecule has 0 bridgehead atoms. The third-order valence-corrected chi connectivity index (χ3v) is 4.38. The standard InChI is InChI=1S/C14H14F3NO4S/c15-14(16,17)12-3-1-10(2-4-12)9-23(20,21)18-7-13(19)11-5-6-22-8-11/h1-6,8,13,18-19H,7,9H2/t13-/m0/s1. The minimum absolute atomic E-state index is 0.211. The number of benzene rings is 1. The number of sulfonamides is 1. The van der Waals surface area contributed by atoms with Crippen LogP contribution in [-0.2, 0) is 22.0 Å². The fourth-order valence-corrected chi connectivity index (χ4v) is 2.99. The Labute approximate surface area is 130 Å². The quantitative estimate of drug-likeness (QED) is 0.840. The van der Waals surface area contributed by atoms with Gasteiger partial charge in [0.25, 0.3) is 0 Å². The first-order chi connectivity index (χ1) is 10.7. The fraction of sp³-hybridized carbons (Fsp3) is 0.286. The second-order valence-corrected chi connectivity index (χ2v) is 6.68. The van der Waals surface area contributed by atoms with Gasteiger partial charge >= 0.3 is 6.18 Å². The lowest BCUT2D eigenvalue weighted by Crippen LogP contribution is -2.29. The smallest absolute Gasteiger partial charge is 0.416 e. The number of nitrogens with one attached hydrogen (secondary N) is 1. The summed E-state index contributed by atoms with van der Waals surface area (Å²) in [7, 11) is -3.79. The van der Waals surface area contributed by atoms with Gasteiger partial charge in [-0.1, -0.05) is 12.1 Å². The minimum Gasteiger partial charge on any atom is -0.472 e. The van der Waals surface area contributed by atoms with Crippen LogP contribution in [0.25, 0.3) is 0 Å². The van der Waals surface area contributed by atoms with Crippen LogP contribution in [0.4, 0.5) is 13.2 Å². The minimum atomic E-state index is -4.47. The summed E-state index contributed by atoms with van der Waals surface area (Å²) in [5, 5.41) is 9.75. The van der Waals surface area contributed by atoms with Gasteiger partial charge in [-0.15, -0.1) is 0 Å². The monoisotopic (exact) mass is 349 g/mol. The van der Waals surface area contributed by atoms with E-state index < -0.39 is 33.6 Å². The van der Waals surface area contributed by atoms with E-state index in [1.165, 1.54) is 18.6 Å². The first-order valence-corrected chi connectivity index (χ1v) is 8.16. The molecule has 9 heteroatoms. The van der Waals surface area contributed by atoms with Crippen molar-refractivity contribution in [1.82, 2.24) is 4.72 Å². The highest BCUT2D eigenvalue weighted by atomic mass is 32.2. The predicted octanol–water partition coefficient (Wildman–Crippen LogP) is 2.45. The molecule has 0 fully saturated rings. The Morgan fingerprint density at radius 2 is 1.83 bits per heavy atom. The molecule has 2 aromatic rings. The molecule has 1 aromatic carbocycles. The van der Waals surface area contributed by atoms with Gasteiger partial charge in [0, 0.05) is 12.1 Å². The Kier molecular flexibility index (Phi) is 5.12. The van der Waals surface area contributed by atoms with Crippen molar-refractivity contribution in [2.75, 3.05) is 6.54 Å². The van der Waals surface area contributed by atoms with Crippen molar-refractivity contribution in [2.45, 2.75) is 18.0 Å². The number of aliphatic hydroxyl groups excluding tert-OH is 1. The lowest BCUT2D eigenvalue weighted by molar-refractivity contribution is -0.137. The molecule has 126 valence electrons. The van der Waals surface area contributed by atoms with Crippen molar-refractivity contribution in [2.24, 2.45) is 0 Å². The Morgan fingerprint density at radius 3 is 2.35 bits per heavy atom. The van der Waals surface area contributed by atoms with Gasteiger partial charge in [-0.2, -0.15) is 13.2 Å². The molecule has 0 aliphatic rings. The molecule has 0 radical (unpaired) electrons. The lowest BCUT2D eigenvalue weighted by Gasteiger charge is -2.11. The predicted molar refractivity (Wildman–Crippen MR) is 75.7 cm³/mol. The molecule has 1 heterocycles. The van der Waals surface area contributed by atoms with Crippen LogP contribution >= 0.6 is 0 Å². The van der Waals surface area contributed by atoms with Gasteiger partial charge in [0.15, 0.2) is 0 Å². The second-order valence-electron chi connectivity index (χ2n) is 4.87. The van der Waals surface area contributed by atoms with Crippen molar-refractivity contribution < 1.29 is 31.1 Å². The van der Waals surface area contributed by atoms with Gasteiger partial charge in [0.2, 0.25) is 10.0 Å². The van der Waals surface area contributed by atoms with E-state index in [4.69, 9.17) is 4.42 Å². The van der Waals surface area contributed by atoms with Crippen molar-refractivity contribution in [1.29, 1.82) is 0 Å². The zero-order valence-corrected chi connectivity index (χ0v) is 12.6. The summed E-state index contributed by atoms with van der Waals surface area (Å²) in [5.74, 6) is -0.483. The Balaban J connectivity index is 1.95. The third-order valence-electron chi connectivity index (χ3n) is 3.06. The van der Waals surface area contributed by atoms with Crippen LogP contribution in [0, 0.1) is 0 Å². The Hall–Kier alpha value is -1.84. The van der Waals surface area contributed by atoms with Gasteiger partial charge in [-0.25, -0.2) is 13.1 Å². The highest BCUT2D eigenvalue weighted by Gasteiger charge is 2.30. The molecule has 0 unspecified atom stereocenters. The summed E-state index contributed by atoms with van der Waals surface area (Å²) in [6.07, 6.45) is -2.91. The first kappa shape index (κ1) is 17.5. The van der Waals surface area contributed by atoms with E-state index in [-0.39, 0.29) is 12.1 Å². The zero-order valence-electron chi connectivity index (χ0n) is 11.7. The van der Waals surface area contributed by atoms with Crippen LogP contribution < -0.4 is 4.72 Å². The number of aliphatic hydroxyl groups is 1. The summed E-state index contributed by atoms with van der Waals surface area (Å²) >= 11 is 0. The average molecular weight is 349 g/mol. The van der Waals surface area contributed by atoms with Crippen LogP contribution in [0.3, 0.4) is 0 Å². The maximum atomic E-state index is 12.4. The maximum Gasteiger partial charge on any atom is 0.416 e. The zero-order chi connectivity index (χ0) is 17.1. The Bertz CT molecular complexity index is 724. The van der Waals surface area contributed by atoms with Gasteiger partial charge in [0.05, 0.1) is 29.9 Å². The summed E-state index contributed by atoms with van der Waals surface area (Å²) in [6.45, 7) is -0.261. The van der Waals surface area contributed by atoms with Crippen LogP contribution in [0.5, 0.6) is 0 Å². The van der Waals surface area contributed by atoms with E-state index in [1.807, 2.05) is 0 Å². The summed E-state index contributed by atoms with van der Waals surface area (Å²) < 4.78 is 68.1. The molecule has 23 heavy (non-hydrogen) atoms. The molecule has 0 saturated carbocycles. The largest absolute Gasteiger partial charge is 0.472 e. The van der Waals surface area contributed by atoms with Crippen molar-refractivity contribution in [3.8, 4) is 0 Å². The molecule has 2 N–H and O–H groups in total. The second kappa shape index (κ2) is 6.73. The van der Waals surface area contributed by atoms with Crippen LogP contribution in [0.2, 0.25) is 0 Å². The molecule has 0 aliphatic carbocycles. The van der Waals surface area contributed by atoms with Crippen LogP contribution in [-0.4, -0.2) is 20.1 Å². The van der Waals surface area contributed by atoms with E-state index in [0.717, 1.165) is 24.3 Å². The molecular formula is C14H14F3NO4S. The maximum absolute atomic E-state index is 12.4. The molecule has 0 spiro atoms. The number of rotatable bonds is 6. The van der Waals surface area contributed by atoms with Crippen molar-refractivity contribution >= 4 is 10.0 Å². The number of hydrogen-bond acceptors (Lipinski definition) is 4. The molecule has 1 atom stereocenters. The Morgan fingerprint density at radius 1 is 1.17 bits per heavy atom. The van der Waals surface area contributed by atoms with Gasteiger partial charge < -0.3 is 9.52 Å². The molecule has 0 saturated heterocycles. The SMILES string of the molecule is O=S(=O)(Cc1ccc(C(F)(F)F)cc1)NC[C@H](O)c1ccoc1. The van der Waals surface area contributed by atoms with Crippen LogP contribution in [0.15, 0.2) is 47.3 Å². The number of furan rings is 1. The molecule has 2 rings (SSSR count). The van der Waals surface area contributed by atoms with Crippen LogP contribution in [0.1, 0.15) is 22.8 Å². The highest BCUT2D eigenvalue weighted by molar-refractivity contribution is 7.88. The molecule has 0 aliphatic heterocycles. The fourth-order valence-electron chi connectivity index (χ4n) is 1.85. The molecule has 0 amide bonds. The van der Waals surface area contributed by atoms with Crippen molar-refractivity contribution in [3.63, 3.8) is 0 Å².